The van der Waals surface area contributed by atoms with Crippen molar-refractivity contribution in [1.29, 1.82) is 0 Å². The van der Waals surface area contributed by atoms with E-state index in [1.165, 1.54) is 0 Å². The molecule has 0 saturated carbocycles. The summed E-state index contributed by atoms with van der Waals surface area (Å²) in [5.41, 5.74) is 7.86. The van der Waals surface area contributed by atoms with Gasteiger partial charge in [0, 0.05) is 38.5 Å². The lowest BCUT2D eigenvalue weighted by molar-refractivity contribution is -0.136. The quantitative estimate of drug-likeness (QED) is 0.569. The van der Waals surface area contributed by atoms with Gasteiger partial charge in [0.25, 0.3) is 5.91 Å². The monoisotopic (exact) mass is 397 g/mol. The van der Waals surface area contributed by atoms with Crippen LogP contribution in [0.15, 0.2) is 18.2 Å². The zero-order valence-corrected chi connectivity index (χ0v) is 16.1. The van der Waals surface area contributed by atoms with E-state index in [1.807, 2.05) is 18.2 Å². The molecule has 1 aromatic heterocycles. The fourth-order valence-corrected chi connectivity index (χ4v) is 3.84. The molecule has 1 atom stereocenters. The molecule has 152 valence electrons. The van der Waals surface area contributed by atoms with Gasteiger partial charge in [0.2, 0.25) is 17.8 Å². The third-order valence-corrected chi connectivity index (χ3v) is 5.25. The zero-order chi connectivity index (χ0) is 20.5. The standard InChI is InChI=1S/C19H23N7O3/c1-25-19(22-14(24-25)7-8-20)21-9-11-3-2-4-12-10-26(18(29)16(11)12)13-5-6-15(27)23-17(13)28/h2-4,13H,5-10,20H2,1H3,(H,21,22,24)(H,23,27,28). The van der Waals surface area contributed by atoms with Gasteiger partial charge in [-0.3, -0.25) is 19.7 Å². The highest BCUT2D eigenvalue weighted by atomic mass is 16.2. The summed E-state index contributed by atoms with van der Waals surface area (Å²) >= 11 is 0. The van der Waals surface area contributed by atoms with Crippen LogP contribution in [0.25, 0.3) is 0 Å². The van der Waals surface area contributed by atoms with Crippen LogP contribution in [0.1, 0.15) is 40.2 Å². The van der Waals surface area contributed by atoms with Gasteiger partial charge in [0.05, 0.1) is 0 Å². The van der Waals surface area contributed by atoms with Crippen LogP contribution >= 0.6 is 0 Å². The average Bonchev–Trinajstić information content (AvgIpc) is 3.20. The molecule has 29 heavy (non-hydrogen) atoms. The number of aromatic nitrogens is 3. The van der Waals surface area contributed by atoms with Gasteiger partial charge < -0.3 is 16.0 Å². The lowest BCUT2D eigenvalue weighted by Crippen LogP contribution is -2.52. The molecule has 1 fully saturated rings. The Bertz CT molecular complexity index is 984. The first kappa shape index (κ1) is 19.1. The molecule has 2 aromatic rings. The van der Waals surface area contributed by atoms with Crippen molar-refractivity contribution in [2.45, 2.75) is 38.4 Å². The Balaban J connectivity index is 1.52. The summed E-state index contributed by atoms with van der Waals surface area (Å²) in [6.45, 7) is 1.23. The second kappa shape index (κ2) is 7.63. The molecule has 10 nitrogen and oxygen atoms in total. The van der Waals surface area contributed by atoms with E-state index in [0.29, 0.717) is 49.8 Å². The molecule has 3 amide bonds. The number of amides is 3. The maximum Gasteiger partial charge on any atom is 0.255 e. The first-order valence-corrected chi connectivity index (χ1v) is 9.57. The number of rotatable bonds is 6. The third-order valence-electron chi connectivity index (χ3n) is 5.25. The highest BCUT2D eigenvalue weighted by Gasteiger charge is 2.39. The maximum atomic E-state index is 13.1. The second-order valence-corrected chi connectivity index (χ2v) is 7.22. The molecule has 1 unspecified atom stereocenters. The number of fused-ring (bicyclic) bond motifs is 1. The summed E-state index contributed by atoms with van der Waals surface area (Å²) in [5.74, 6) is 0.370. The van der Waals surface area contributed by atoms with Crippen LogP contribution in [0.2, 0.25) is 0 Å². The number of carbonyl (C=O) groups excluding carboxylic acids is 3. The molecule has 2 aliphatic heterocycles. The number of hydrogen-bond donors (Lipinski definition) is 3. The van der Waals surface area contributed by atoms with Crippen LogP contribution < -0.4 is 16.4 Å². The van der Waals surface area contributed by atoms with E-state index in [4.69, 9.17) is 5.73 Å². The lowest BCUT2D eigenvalue weighted by Gasteiger charge is -2.29. The van der Waals surface area contributed by atoms with E-state index in [1.54, 1.807) is 16.6 Å². The van der Waals surface area contributed by atoms with Crippen LogP contribution in [-0.4, -0.2) is 50.0 Å². The van der Waals surface area contributed by atoms with Gasteiger partial charge in [-0.1, -0.05) is 18.2 Å². The number of piperidine rings is 1. The minimum Gasteiger partial charge on any atom is -0.350 e. The van der Waals surface area contributed by atoms with Gasteiger partial charge in [-0.25, -0.2) is 4.68 Å². The van der Waals surface area contributed by atoms with Crippen LogP contribution in [-0.2, 0) is 36.1 Å². The Morgan fingerprint density at radius 3 is 2.90 bits per heavy atom. The molecule has 4 N–H and O–H groups in total. The van der Waals surface area contributed by atoms with E-state index in [0.717, 1.165) is 11.1 Å². The molecule has 4 rings (SSSR count). The van der Waals surface area contributed by atoms with Crippen LogP contribution in [0, 0.1) is 0 Å². The van der Waals surface area contributed by atoms with Crippen LogP contribution in [0.4, 0.5) is 5.95 Å². The number of anilines is 1. The number of imide groups is 1. The van der Waals surface area contributed by atoms with E-state index in [-0.39, 0.29) is 18.2 Å². The van der Waals surface area contributed by atoms with Gasteiger partial charge in [-0.15, -0.1) is 0 Å². The Kier molecular flexibility index (Phi) is 5.01. The lowest BCUT2D eigenvalue weighted by atomic mass is 10.0. The second-order valence-electron chi connectivity index (χ2n) is 7.22. The summed E-state index contributed by atoms with van der Waals surface area (Å²) in [4.78, 5) is 42.7. The van der Waals surface area contributed by atoms with Gasteiger partial charge >= 0.3 is 0 Å². The summed E-state index contributed by atoms with van der Waals surface area (Å²) < 4.78 is 1.64. The van der Waals surface area contributed by atoms with Crippen molar-refractivity contribution in [3.63, 3.8) is 0 Å². The van der Waals surface area contributed by atoms with Crippen molar-refractivity contribution in [1.82, 2.24) is 25.0 Å². The topological polar surface area (TPSA) is 135 Å². The molecular formula is C19H23N7O3. The number of hydrogen-bond acceptors (Lipinski definition) is 7. The molecule has 1 saturated heterocycles. The molecular weight excluding hydrogens is 374 g/mol. The van der Waals surface area contributed by atoms with Crippen LogP contribution in [0.3, 0.4) is 0 Å². The third kappa shape index (κ3) is 3.58. The van der Waals surface area contributed by atoms with E-state index >= 15 is 0 Å². The van der Waals surface area contributed by atoms with Gasteiger partial charge in [-0.05, 0) is 24.1 Å². The summed E-state index contributed by atoms with van der Waals surface area (Å²) in [6.07, 6.45) is 1.18. The SMILES string of the molecule is Cn1nc(CCN)nc1NCc1cccc2c1C(=O)N(C1CCC(=O)NC1=O)C2. The minimum absolute atomic E-state index is 0.186. The van der Waals surface area contributed by atoms with Crippen molar-refractivity contribution in [2.75, 3.05) is 11.9 Å². The molecule has 1 aromatic carbocycles. The highest BCUT2D eigenvalue weighted by molar-refractivity contribution is 6.06. The van der Waals surface area contributed by atoms with Crippen molar-refractivity contribution in [3.05, 3.63) is 40.7 Å². The van der Waals surface area contributed by atoms with Gasteiger partial charge in [0.15, 0.2) is 5.82 Å². The number of nitrogens with two attached hydrogens (primary N) is 1. The number of aryl methyl sites for hydroxylation is 1. The first-order chi connectivity index (χ1) is 14.0. The summed E-state index contributed by atoms with van der Waals surface area (Å²) in [6, 6.07) is 5.05. The molecule has 0 bridgehead atoms. The largest absolute Gasteiger partial charge is 0.350 e. The predicted molar refractivity (Wildman–Crippen MR) is 104 cm³/mol. The van der Waals surface area contributed by atoms with Crippen molar-refractivity contribution >= 4 is 23.7 Å². The molecule has 0 aliphatic carbocycles. The predicted octanol–water partition coefficient (Wildman–Crippen LogP) is -0.311. The van der Waals surface area contributed by atoms with Gasteiger partial charge in [-0.2, -0.15) is 10.1 Å². The van der Waals surface area contributed by atoms with Crippen molar-refractivity contribution in [3.8, 4) is 0 Å². The fraction of sp³-hybridized carbons (Fsp3) is 0.421. The number of nitrogens with one attached hydrogen (secondary N) is 2. The zero-order valence-electron chi connectivity index (χ0n) is 16.1. The first-order valence-electron chi connectivity index (χ1n) is 9.57. The molecule has 0 radical (unpaired) electrons. The van der Waals surface area contributed by atoms with E-state index in [2.05, 4.69) is 20.7 Å². The van der Waals surface area contributed by atoms with Crippen molar-refractivity contribution < 1.29 is 14.4 Å². The number of carbonyl (C=O) groups is 3. The Labute approximate surface area is 167 Å². The van der Waals surface area contributed by atoms with Crippen molar-refractivity contribution in [2.24, 2.45) is 12.8 Å². The molecule has 10 heteroatoms. The molecule has 3 heterocycles. The summed E-state index contributed by atoms with van der Waals surface area (Å²) in [7, 11) is 1.79. The normalized spacial score (nSPS) is 18.8. The smallest absolute Gasteiger partial charge is 0.255 e. The highest BCUT2D eigenvalue weighted by Crippen LogP contribution is 2.30. The van der Waals surface area contributed by atoms with E-state index < -0.39 is 11.9 Å². The molecule has 0 spiro atoms. The Hall–Kier alpha value is -3.27. The van der Waals surface area contributed by atoms with Crippen LogP contribution in [0.5, 0.6) is 0 Å². The average molecular weight is 397 g/mol. The Morgan fingerprint density at radius 1 is 1.31 bits per heavy atom. The number of benzene rings is 1. The Morgan fingerprint density at radius 2 is 2.14 bits per heavy atom. The number of nitrogens with zero attached hydrogens (tertiary/aromatic N) is 4. The van der Waals surface area contributed by atoms with E-state index in [9.17, 15) is 14.4 Å². The maximum absolute atomic E-state index is 13.1. The molecule has 2 aliphatic rings. The summed E-state index contributed by atoms with van der Waals surface area (Å²) in [5, 5.41) is 9.85. The van der Waals surface area contributed by atoms with Gasteiger partial charge in [0.1, 0.15) is 6.04 Å². The fourth-order valence-electron chi connectivity index (χ4n) is 3.84. The minimum atomic E-state index is -0.619.